The van der Waals surface area contributed by atoms with Gasteiger partial charge in [0, 0.05) is 11.3 Å². The largest absolute Gasteiger partial charge is 0.399 e. The van der Waals surface area contributed by atoms with E-state index in [0.717, 1.165) is 5.56 Å². The molecule has 15 heavy (non-hydrogen) atoms. The molecule has 0 saturated heterocycles. The number of hydrogen-bond donors (Lipinski definition) is 1. The lowest BCUT2D eigenvalue weighted by atomic mass is 10.0. The first-order valence-electron chi connectivity index (χ1n) is 4.38. The summed E-state index contributed by atoms with van der Waals surface area (Å²) in [4.78, 5) is 0. The second-order valence-electron chi connectivity index (χ2n) is 3.11. The highest BCUT2D eigenvalue weighted by atomic mass is 35.5. The summed E-state index contributed by atoms with van der Waals surface area (Å²) in [7, 11) is 0. The molecule has 2 rings (SSSR count). The predicted molar refractivity (Wildman–Crippen MR) is 63.5 cm³/mol. The molecule has 0 unspecified atom stereocenters. The Bertz CT molecular complexity index is 443. The van der Waals surface area contributed by atoms with Crippen LogP contribution in [-0.2, 0) is 0 Å². The Balaban J connectivity index is 0.00000112. The van der Waals surface area contributed by atoms with Crippen LogP contribution in [0.2, 0.25) is 0 Å². The van der Waals surface area contributed by atoms with Gasteiger partial charge < -0.3 is 5.73 Å². The first kappa shape index (κ1) is 11.5. The van der Waals surface area contributed by atoms with Crippen molar-refractivity contribution in [2.45, 2.75) is 0 Å². The molecule has 2 aromatic rings. The number of halogens is 2. The Kier molecular flexibility index (Phi) is 3.69. The average molecular weight is 224 g/mol. The van der Waals surface area contributed by atoms with E-state index in [-0.39, 0.29) is 18.2 Å². The molecule has 0 spiro atoms. The third kappa shape index (κ3) is 2.48. The quantitative estimate of drug-likeness (QED) is 0.736. The molecule has 0 aliphatic carbocycles. The second kappa shape index (κ2) is 4.80. The fourth-order valence-corrected chi connectivity index (χ4v) is 1.38. The lowest BCUT2D eigenvalue weighted by Gasteiger charge is -2.03. The fraction of sp³-hybridized carbons (Fsp3) is 0. The van der Waals surface area contributed by atoms with Crippen LogP contribution in [0.25, 0.3) is 11.1 Å². The monoisotopic (exact) mass is 223 g/mol. The van der Waals surface area contributed by atoms with Crippen LogP contribution in [-0.4, -0.2) is 0 Å². The summed E-state index contributed by atoms with van der Waals surface area (Å²) in [5.41, 5.74) is 7.56. The molecule has 0 aliphatic heterocycles. The SMILES string of the molecule is Cl.Nc1ccc(F)c(-c2ccccc2)c1. The van der Waals surface area contributed by atoms with Crippen LogP contribution in [0, 0.1) is 5.82 Å². The van der Waals surface area contributed by atoms with Crippen molar-refractivity contribution in [3.63, 3.8) is 0 Å². The van der Waals surface area contributed by atoms with Gasteiger partial charge in [-0.3, -0.25) is 0 Å². The van der Waals surface area contributed by atoms with Crippen molar-refractivity contribution in [1.29, 1.82) is 0 Å². The van der Waals surface area contributed by atoms with Gasteiger partial charge >= 0.3 is 0 Å². The van der Waals surface area contributed by atoms with E-state index in [9.17, 15) is 4.39 Å². The average Bonchev–Trinajstić information content (AvgIpc) is 2.23. The van der Waals surface area contributed by atoms with E-state index in [1.54, 1.807) is 12.1 Å². The molecule has 2 aromatic carbocycles. The van der Waals surface area contributed by atoms with Gasteiger partial charge in [0.15, 0.2) is 0 Å². The minimum atomic E-state index is -0.245. The summed E-state index contributed by atoms with van der Waals surface area (Å²) in [6.07, 6.45) is 0. The number of nitrogens with two attached hydrogens (primary N) is 1. The molecular formula is C12H11ClFN. The Hall–Kier alpha value is -1.54. The van der Waals surface area contributed by atoms with Gasteiger partial charge in [0.2, 0.25) is 0 Å². The molecule has 78 valence electrons. The van der Waals surface area contributed by atoms with Crippen LogP contribution in [0.1, 0.15) is 0 Å². The Morgan fingerprint density at radius 1 is 0.933 bits per heavy atom. The van der Waals surface area contributed by atoms with E-state index in [0.29, 0.717) is 11.3 Å². The third-order valence-electron chi connectivity index (χ3n) is 2.08. The minimum Gasteiger partial charge on any atom is -0.399 e. The smallest absolute Gasteiger partial charge is 0.131 e. The van der Waals surface area contributed by atoms with Gasteiger partial charge in [-0.1, -0.05) is 30.3 Å². The first-order chi connectivity index (χ1) is 6.77. The lowest BCUT2D eigenvalue weighted by molar-refractivity contribution is 0.631. The van der Waals surface area contributed by atoms with Gasteiger partial charge in [-0.2, -0.15) is 0 Å². The summed E-state index contributed by atoms with van der Waals surface area (Å²) in [5.74, 6) is -0.245. The summed E-state index contributed by atoms with van der Waals surface area (Å²) in [6, 6.07) is 13.9. The van der Waals surface area contributed by atoms with Crippen molar-refractivity contribution >= 4 is 18.1 Å². The molecular weight excluding hydrogens is 213 g/mol. The van der Waals surface area contributed by atoms with E-state index in [2.05, 4.69) is 0 Å². The van der Waals surface area contributed by atoms with E-state index in [1.807, 2.05) is 30.3 Å². The highest BCUT2D eigenvalue weighted by molar-refractivity contribution is 5.85. The number of hydrogen-bond acceptors (Lipinski definition) is 1. The molecule has 0 aromatic heterocycles. The van der Waals surface area contributed by atoms with Crippen LogP contribution in [0.5, 0.6) is 0 Å². The van der Waals surface area contributed by atoms with Gasteiger partial charge in [-0.25, -0.2) is 4.39 Å². The molecule has 0 amide bonds. The zero-order chi connectivity index (χ0) is 9.97. The molecule has 0 aliphatic rings. The number of benzene rings is 2. The molecule has 2 N–H and O–H groups in total. The lowest BCUT2D eigenvalue weighted by Crippen LogP contribution is -1.89. The van der Waals surface area contributed by atoms with E-state index >= 15 is 0 Å². The van der Waals surface area contributed by atoms with Crippen molar-refractivity contribution in [2.24, 2.45) is 0 Å². The molecule has 0 heterocycles. The molecule has 0 radical (unpaired) electrons. The molecule has 0 fully saturated rings. The van der Waals surface area contributed by atoms with Crippen molar-refractivity contribution in [1.82, 2.24) is 0 Å². The highest BCUT2D eigenvalue weighted by Gasteiger charge is 2.03. The summed E-state index contributed by atoms with van der Waals surface area (Å²) < 4.78 is 13.4. The number of rotatable bonds is 1. The summed E-state index contributed by atoms with van der Waals surface area (Å²) in [6.45, 7) is 0. The fourth-order valence-electron chi connectivity index (χ4n) is 1.38. The third-order valence-corrected chi connectivity index (χ3v) is 2.08. The van der Waals surface area contributed by atoms with Gasteiger partial charge in [0.25, 0.3) is 0 Å². The van der Waals surface area contributed by atoms with E-state index in [4.69, 9.17) is 5.73 Å². The van der Waals surface area contributed by atoms with E-state index < -0.39 is 0 Å². The van der Waals surface area contributed by atoms with Crippen molar-refractivity contribution in [3.8, 4) is 11.1 Å². The normalized spacial score (nSPS) is 9.40. The highest BCUT2D eigenvalue weighted by Crippen LogP contribution is 2.24. The summed E-state index contributed by atoms with van der Waals surface area (Å²) in [5, 5.41) is 0. The molecule has 0 saturated carbocycles. The number of anilines is 1. The van der Waals surface area contributed by atoms with Gasteiger partial charge in [-0.15, -0.1) is 12.4 Å². The maximum Gasteiger partial charge on any atom is 0.131 e. The maximum absolute atomic E-state index is 13.4. The van der Waals surface area contributed by atoms with Crippen LogP contribution in [0.4, 0.5) is 10.1 Å². The Morgan fingerprint density at radius 2 is 1.60 bits per heavy atom. The van der Waals surface area contributed by atoms with E-state index in [1.165, 1.54) is 6.07 Å². The maximum atomic E-state index is 13.4. The Labute approximate surface area is 94.1 Å². The van der Waals surface area contributed by atoms with Crippen molar-refractivity contribution < 1.29 is 4.39 Å². The topological polar surface area (TPSA) is 26.0 Å². The molecule has 0 bridgehead atoms. The Morgan fingerprint density at radius 3 is 2.27 bits per heavy atom. The van der Waals surface area contributed by atoms with Crippen molar-refractivity contribution in [3.05, 3.63) is 54.3 Å². The second-order valence-corrected chi connectivity index (χ2v) is 3.11. The van der Waals surface area contributed by atoms with Crippen LogP contribution < -0.4 is 5.73 Å². The van der Waals surface area contributed by atoms with Crippen molar-refractivity contribution in [2.75, 3.05) is 5.73 Å². The summed E-state index contributed by atoms with van der Waals surface area (Å²) >= 11 is 0. The van der Waals surface area contributed by atoms with Crippen LogP contribution in [0.15, 0.2) is 48.5 Å². The first-order valence-corrected chi connectivity index (χ1v) is 4.38. The molecule has 3 heteroatoms. The van der Waals surface area contributed by atoms with Gasteiger partial charge in [0.1, 0.15) is 5.82 Å². The zero-order valence-electron chi connectivity index (χ0n) is 7.98. The zero-order valence-corrected chi connectivity index (χ0v) is 8.80. The van der Waals surface area contributed by atoms with Crippen LogP contribution >= 0.6 is 12.4 Å². The van der Waals surface area contributed by atoms with Gasteiger partial charge in [-0.05, 0) is 23.8 Å². The number of nitrogen functional groups attached to an aromatic ring is 1. The predicted octanol–water partition coefficient (Wildman–Crippen LogP) is 3.50. The molecule has 0 atom stereocenters. The standard InChI is InChI=1S/C12H10FN.ClH/c13-12-7-6-10(14)8-11(12)9-4-2-1-3-5-9;/h1-8H,14H2;1H. The van der Waals surface area contributed by atoms with Gasteiger partial charge in [0.05, 0.1) is 0 Å². The minimum absolute atomic E-state index is 0. The molecule has 1 nitrogen and oxygen atoms in total. The van der Waals surface area contributed by atoms with Crippen LogP contribution in [0.3, 0.4) is 0 Å².